The zero-order chi connectivity index (χ0) is 22.9. The molecule has 32 heavy (non-hydrogen) atoms. The number of nitriles is 1. The summed E-state index contributed by atoms with van der Waals surface area (Å²) in [5.41, 5.74) is -0.103. The van der Waals surface area contributed by atoms with Gasteiger partial charge in [-0.3, -0.25) is 14.5 Å². The van der Waals surface area contributed by atoms with Crippen LogP contribution in [-0.4, -0.2) is 32.9 Å². The van der Waals surface area contributed by atoms with Gasteiger partial charge in [-0.1, -0.05) is 23.5 Å². The molecule has 0 bridgehead atoms. The van der Waals surface area contributed by atoms with Crippen LogP contribution in [0, 0.1) is 17.1 Å². The summed E-state index contributed by atoms with van der Waals surface area (Å²) < 4.78 is 13.0. The lowest BCUT2D eigenvalue weighted by Gasteiger charge is -2.22. The topological polar surface area (TPSA) is 128 Å². The summed E-state index contributed by atoms with van der Waals surface area (Å²) in [5.74, 6) is -1.48. The number of benzene rings is 2. The molecule has 0 aliphatic carbocycles. The first kappa shape index (κ1) is 21.1. The molecular formula is C21H15FN6O3S. The van der Waals surface area contributed by atoms with E-state index in [1.165, 1.54) is 24.3 Å². The quantitative estimate of drug-likeness (QED) is 0.575. The number of amides is 4. The molecule has 0 radical (unpaired) electrons. The highest BCUT2D eigenvalue weighted by Gasteiger charge is 2.49. The Morgan fingerprint density at radius 2 is 2.00 bits per heavy atom. The monoisotopic (exact) mass is 450 g/mol. The number of nitrogens with one attached hydrogen (secondary N) is 2. The van der Waals surface area contributed by atoms with E-state index in [0.717, 1.165) is 16.2 Å². The van der Waals surface area contributed by atoms with Crippen LogP contribution in [0.1, 0.15) is 32.9 Å². The number of carbonyl (C=O) groups is 3. The molecule has 4 amide bonds. The molecule has 0 spiro atoms. The smallest absolute Gasteiger partial charge is 0.320 e. The summed E-state index contributed by atoms with van der Waals surface area (Å²) in [6.07, 6.45) is 0. The van der Waals surface area contributed by atoms with Crippen molar-refractivity contribution >= 4 is 34.9 Å². The van der Waals surface area contributed by atoms with Crippen molar-refractivity contribution in [3.63, 3.8) is 0 Å². The van der Waals surface area contributed by atoms with Crippen LogP contribution in [0.15, 0.2) is 48.5 Å². The number of carbonyl (C=O) groups excluding carboxylic acids is 3. The van der Waals surface area contributed by atoms with E-state index in [2.05, 4.69) is 20.8 Å². The molecule has 2 N–H and O–H groups in total. The predicted molar refractivity (Wildman–Crippen MR) is 112 cm³/mol. The molecule has 9 nitrogen and oxygen atoms in total. The summed E-state index contributed by atoms with van der Waals surface area (Å²) in [6, 6.07) is 13.1. The van der Waals surface area contributed by atoms with E-state index in [0.29, 0.717) is 16.8 Å². The third-order valence-corrected chi connectivity index (χ3v) is 5.81. The summed E-state index contributed by atoms with van der Waals surface area (Å²) >= 11 is 0.931. The second kappa shape index (κ2) is 8.16. The standard InChI is InChI=1S/C21H15FN6O3S/c1-21(13-4-2-3-12(9-13)10-23)19(30)28(20(31)25-21)11-16-26-27-18(32-16)17(29)24-15-7-5-14(22)6-8-15/h2-9H,11H2,1H3,(H,24,29)(H,25,31). The molecule has 1 aliphatic heterocycles. The van der Waals surface area contributed by atoms with Gasteiger partial charge in [-0.15, -0.1) is 10.2 Å². The number of halogens is 1. The van der Waals surface area contributed by atoms with Gasteiger partial charge in [0.1, 0.15) is 16.4 Å². The summed E-state index contributed by atoms with van der Waals surface area (Å²) in [6.45, 7) is 1.39. The third-order valence-electron chi connectivity index (χ3n) is 4.90. The van der Waals surface area contributed by atoms with Gasteiger partial charge < -0.3 is 10.6 Å². The Balaban J connectivity index is 1.49. The highest BCUT2D eigenvalue weighted by Crippen LogP contribution is 2.30. The second-order valence-corrected chi connectivity index (χ2v) is 8.16. The Morgan fingerprint density at radius 1 is 1.25 bits per heavy atom. The second-order valence-electron chi connectivity index (χ2n) is 7.10. The molecule has 0 saturated carbocycles. The normalized spacial score (nSPS) is 17.7. The van der Waals surface area contributed by atoms with Crippen LogP contribution in [0.25, 0.3) is 0 Å². The highest BCUT2D eigenvalue weighted by atomic mass is 32.1. The number of anilines is 1. The van der Waals surface area contributed by atoms with Gasteiger partial charge in [-0.25, -0.2) is 9.18 Å². The number of nitrogens with zero attached hydrogens (tertiary/aromatic N) is 4. The van der Waals surface area contributed by atoms with Gasteiger partial charge in [-0.2, -0.15) is 5.26 Å². The van der Waals surface area contributed by atoms with Crippen LogP contribution >= 0.6 is 11.3 Å². The lowest BCUT2D eigenvalue weighted by molar-refractivity contribution is -0.131. The lowest BCUT2D eigenvalue weighted by atomic mass is 9.91. The molecule has 2 heterocycles. The van der Waals surface area contributed by atoms with E-state index < -0.39 is 29.2 Å². The van der Waals surface area contributed by atoms with E-state index in [1.54, 1.807) is 31.2 Å². The molecule has 1 aliphatic rings. The van der Waals surface area contributed by atoms with Gasteiger partial charge in [0, 0.05) is 5.69 Å². The maximum absolute atomic E-state index is 13.1. The van der Waals surface area contributed by atoms with Gasteiger partial charge in [0.15, 0.2) is 0 Å². The number of hydrogen-bond acceptors (Lipinski definition) is 7. The van der Waals surface area contributed by atoms with Crippen LogP contribution in [0.3, 0.4) is 0 Å². The fraction of sp³-hybridized carbons (Fsp3) is 0.143. The van der Waals surface area contributed by atoms with E-state index >= 15 is 0 Å². The molecule has 11 heteroatoms. The molecule has 160 valence electrons. The first-order valence-corrected chi connectivity index (χ1v) is 10.2. The first-order valence-electron chi connectivity index (χ1n) is 9.34. The van der Waals surface area contributed by atoms with Crippen molar-refractivity contribution in [1.82, 2.24) is 20.4 Å². The third kappa shape index (κ3) is 3.91. The van der Waals surface area contributed by atoms with Gasteiger partial charge in [-0.05, 0) is 48.9 Å². The van der Waals surface area contributed by atoms with E-state index in [4.69, 9.17) is 5.26 Å². The highest BCUT2D eigenvalue weighted by molar-refractivity contribution is 7.13. The number of urea groups is 1. The lowest BCUT2D eigenvalue weighted by Crippen LogP contribution is -2.40. The van der Waals surface area contributed by atoms with Gasteiger partial charge in [0.05, 0.1) is 18.2 Å². The number of rotatable bonds is 5. The van der Waals surface area contributed by atoms with Gasteiger partial charge >= 0.3 is 6.03 Å². The van der Waals surface area contributed by atoms with Crippen LogP contribution in [-0.2, 0) is 16.9 Å². The molecule has 1 saturated heterocycles. The maximum atomic E-state index is 13.1. The average Bonchev–Trinajstić information content (AvgIpc) is 3.35. The number of aromatic nitrogens is 2. The molecular weight excluding hydrogens is 435 g/mol. The summed E-state index contributed by atoms with van der Waals surface area (Å²) in [4.78, 5) is 38.9. The summed E-state index contributed by atoms with van der Waals surface area (Å²) in [5, 5.41) is 22.4. The molecule has 1 fully saturated rings. The molecule has 1 aromatic heterocycles. The maximum Gasteiger partial charge on any atom is 0.325 e. The largest absolute Gasteiger partial charge is 0.325 e. The van der Waals surface area contributed by atoms with E-state index in [-0.39, 0.29) is 16.6 Å². The SMILES string of the molecule is CC1(c2cccc(C#N)c2)NC(=O)N(Cc2nnc(C(=O)Nc3ccc(F)cc3)s2)C1=O. The van der Waals surface area contributed by atoms with Gasteiger partial charge in [0.2, 0.25) is 5.01 Å². The van der Waals surface area contributed by atoms with E-state index in [1.807, 2.05) is 6.07 Å². The molecule has 1 atom stereocenters. The summed E-state index contributed by atoms with van der Waals surface area (Å²) in [7, 11) is 0. The minimum atomic E-state index is -1.34. The van der Waals surface area contributed by atoms with Crippen molar-refractivity contribution in [1.29, 1.82) is 5.26 Å². The molecule has 3 aromatic rings. The molecule has 1 unspecified atom stereocenters. The number of imide groups is 1. The Kier molecular flexibility index (Phi) is 5.38. The van der Waals surface area contributed by atoms with Crippen molar-refractivity contribution in [3.8, 4) is 6.07 Å². The zero-order valence-electron chi connectivity index (χ0n) is 16.6. The predicted octanol–water partition coefficient (Wildman–Crippen LogP) is 2.77. The Hall–Kier alpha value is -4.17. The van der Waals surface area contributed by atoms with Crippen LogP contribution in [0.5, 0.6) is 0 Å². The van der Waals surface area contributed by atoms with Crippen LogP contribution < -0.4 is 10.6 Å². The molecule has 2 aromatic carbocycles. The Labute approximate surface area is 185 Å². The minimum Gasteiger partial charge on any atom is -0.320 e. The average molecular weight is 450 g/mol. The Bertz CT molecular complexity index is 1270. The fourth-order valence-electron chi connectivity index (χ4n) is 3.20. The number of hydrogen-bond donors (Lipinski definition) is 2. The van der Waals surface area contributed by atoms with Crippen molar-refractivity contribution < 1.29 is 18.8 Å². The van der Waals surface area contributed by atoms with Crippen molar-refractivity contribution in [2.45, 2.75) is 19.0 Å². The molecule has 4 rings (SSSR count). The van der Waals surface area contributed by atoms with Crippen LogP contribution in [0.4, 0.5) is 14.9 Å². The van der Waals surface area contributed by atoms with Gasteiger partial charge in [0.25, 0.3) is 11.8 Å². The first-order chi connectivity index (χ1) is 15.3. The zero-order valence-corrected chi connectivity index (χ0v) is 17.4. The van der Waals surface area contributed by atoms with Crippen molar-refractivity contribution in [2.75, 3.05) is 5.32 Å². The Morgan fingerprint density at radius 3 is 2.72 bits per heavy atom. The van der Waals surface area contributed by atoms with E-state index in [9.17, 15) is 18.8 Å². The van der Waals surface area contributed by atoms with Crippen molar-refractivity contribution in [2.24, 2.45) is 0 Å². The van der Waals surface area contributed by atoms with Crippen molar-refractivity contribution in [3.05, 3.63) is 75.5 Å². The van der Waals surface area contributed by atoms with Crippen LogP contribution in [0.2, 0.25) is 0 Å². The minimum absolute atomic E-state index is 0.0286. The fourth-order valence-corrected chi connectivity index (χ4v) is 3.92.